The van der Waals surface area contributed by atoms with Crippen molar-refractivity contribution < 1.29 is 14.3 Å². The zero-order valence-corrected chi connectivity index (χ0v) is 12.9. The van der Waals surface area contributed by atoms with E-state index >= 15 is 0 Å². The number of carbonyl (C=O) groups excluding carboxylic acids is 2. The molecule has 2 aliphatic heterocycles. The third-order valence-corrected chi connectivity index (χ3v) is 4.24. The molecule has 3 rings (SSSR count). The standard InChI is InChI=1S/C16H21N3O3/c1-10-15(20)18-13-7-3-6-12(14(13)22-10)16(21)19-8-4-5-11(19)9-17-2/h3,6-7,10-11,17H,4-5,8-9H2,1-2H3,(H,18,20). The predicted molar refractivity (Wildman–Crippen MR) is 83.1 cm³/mol. The zero-order chi connectivity index (χ0) is 15.7. The minimum absolute atomic E-state index is 0.0297. The Hall–Kier alpha value is -2.08. The Bertz CT molecular complexity index is 602. The summed E-state index contributed by atoms with van der Waals surface area (Å²) in [6.45, 7) is 3.23. The van der Waals surface area contributed by atoms with Crippen molar-refractivity contribution in [1.29, 1.82) is 0 Å². The molecular weight excluding hydrogens is 282 g/mol. The molecule has 2 heterocycles. The molecule has 0 aromatic heterocycles. The monoisotopic (exact) mass is 303 g/mol. The summed E-state index contributed by atoms with van der Waals surface area (Å²) in [7, 11) is 1.89. The maximum atomic E-state index is 12.9. The van der Waals surface area contributed by atoms with Gasteiger partial charge in [0.15, 0.2) is 11.9 Å². The molecule has 2 amide bonds. The van der Waals surface area contributed by atoms with Crippen LogP contribution in [0, 0.1) is 0 Å². The lowest BCUT2D eigenvalue weighted by atomic mass is 10.1. The number of ether oxygens (including phenoxy) is 1. The SMILES string of the molecule is CNCC1CCCN1C(=O)c1cccc2c1OC(C)C(=O)N2. The first kappa shape index (κ1) is 14.8. The number of benzene rings is 1. The molecule has 2 atom stereocenters. The van der Waals surface area contributed by atoms with Gasteiger partial charge in [-0.2, -0.15) is 0 Å². The number of likely N-dealkylation sites (N-methyl/N-ethyl adjacent to an activating group) is 1. The number of nitrogens with zero attached hydrogens (tertiary/aromatic N) is 1. The number of anilines is 1. The Balaban J connectivity index is 1.90. The van der Waals surface area contributed by atoms with Gasteiger partial charge < -0.3 is 20.3 Å². The Morgan fingerprint density at radius 1 is 1.50 bits per heavy atom. The maximum Gasteiger partial charge on any atom is 0.265 e. The first-order valence-electron chi connectivity index (χ1n) is 7.68. The highest BCUT2D eigenvalue weighted by molar-refractivity contribution is 6.04. The summed E-state index contributed by atoms with van der Waals surface area (Å²) in [4.78, 5) is 26.5. The largest absolute Gasteiger partial charge is 0.478 e. The van der Waals surface area contributed by atoms with Gasteiger partial charge in [0.2, 0.25) is 0 Å². The first-order valence-corrected chi connectivity index (χ1v) is 7.68. The van der Waals surface area contributed by atoms with Crippen molar-refractivity contribution in [3.63, 3.8) is 0 Å². The number of para-hydroxylation sites is 1. The van der Waals surface area contributed by atoms with Gasteiger partial charge in [-0.05, 0) is 38.9 Å². The lowest BCUT2D eigenvalue weighted by molar-refractivity contribution is -0.122. The summed E-state index contributed by atoms with van der Waals surface area (Å²) in [5.41, 5.74) is 1.09. The summed E-state index contributed by atoms with van der Waals surface area (Å²) < 4.78 is 5.68. The molecule has 1 aromatic rings. The number of carbonyl (C=O) groups is 2. The molecule has 118 valence electrons. The second-order valence-electron chi connectivity index (χ2n) is 5.78. The summed E-state index contributed by atoms with van der Waals surface area (Å²) in [5.74, 6) is 0.263. The van der Waals surface area contributed by atoms with Crippen LogP contribution in [0.5, 0.6) is 5.75 Å². The fraction of sp³-hybridized carbons (Fsp3) is 0.500. The minimum atomic E-state index is -0.590. The molecular formula is C16H21N3O3. The third-order valence-electron chi connectivity index (χ3n) is 4.24. The maximum absolute atomic E-state index is 12.9. The van der Waals surface area contributed by atoms with Gasteiger partial charge >= 0.3 is 0 Å². The zero-order valence-electron chi connectivity index (χ0n) is 12.9. The van der Waals surface area contributed by atoms with Crippen LogP contribution >= 0.6 is 0 Å². The normalized spacial score (nSPS) is 23.7. The van der Waals surface area contributed by atoms with Crippen molar-refractivity contribution in [2.24, 2.45) is 0 Å². The highest BCUT2D eigenvalue weighted by Crippen LogP contribution is 2.35. The fourth-order valence-electron chi connectivity index (χ4n) is 3.10. The van der Waals surface area contributed by atoms with Gasteiger partial charge in [-0.25, -0.2) is 0 Å². The minimum Gasteiger partial charge on any atom is -0.478 e. The van der Waals surface area contributed by atoms with E-state index in [1.807, 2.05) is 11.9 Å². The van der Waals surface area contributed by atoms with Gasteiger partial charge in [-0.15, -0.1) is 0 Å². The number of fused-ring (bicyclic) bond motifs is 1. The average molecular weight is 303 g/mol. The van der Waals surface area contributed by atoms with E-state index in [0.717, 1.165) is 25.9 Å². The van der Waals surface area contributed by atoms with E-state index in [9.17, 15) is 9.59 Å². The van der Waals surface area contributed by atoms with Crippen LogP contribution in [0.25, 0.3) is 0 Å². The van der Waals surface area contributed by atoms with Crippen molar-refractivity contribution in [3.05, 3.63) is 23.8 Å². The molecule has 0 bridgehead atoms. The Kier molecular flexibility index (Phi) is 4.02. The fourth-order valence-corrected chi connectivity index (χ4v) is 3.10. The molecule has 6 nitrogen and oxygen atoms in total. The number of rotatable bonds is 3. The van der Waals surface area contributed by atoms with Gasteiger partial charge in [0.05, 0.1) is 11.3 Å². The molecule has 0 spiro atoms. The molecule has 2 aliphatic rings. The molecule has 22 heavy (non-hydrogen) atoms. The van der Waals surface area contributed by atoms with Crippen LogP contribution < -0.4 is 15.4 Å². The smallest absolute Gasteiger partial charge is 0.265 e. The number of hydrogen-bond acceptors (Lipinski definition) is 4. The van der Waals surface area contributed by atoms with Crippen molar-refractivity contribution in [1.82, 2.24) is 10.2 Å². The Morgan fingerprint density at radius 2 is 2.32 bits per heavy atom. The van der Waals surface area contributed by atoms with E-state index in [1.54, 1.807) is 25.1 Å². The van der Waals surface area contributed by atoms with Gasteiger partial charge in [0, 0.05) is 19.1 Å². The van der Waals surface area contributed by atoms with Crippen molar-refractivity contribution in [2.45, 2.75) is 31.9 Å². The number of hydrogen-bond donors (Lipinski definition) is 2. The van der Waals surface area contributed by atoms with E-state index in [2.05, 4.69) is 10.6 Å². The van der Waals surface area contributed by atoms with E-state index in [4.69, 9.17) is 4.74 Å². The molecule has 1 aromatic carbocycles. The number of amides is 2. The van der Waals surface area contributed by atoms with E-state index in [1.165, 1.54) is 0 Å². The van der Waals surface area contributed by atoms with Gasteiger partial charge in [0.1, 0.15) is 0 Å². The topological polar surface area (TPSA) is 70.7 Å². The summed E-state index contributed by atoms with van der Waals surface area (Å²) in [6, 6.07) is 5.50. The molecule has 6 heteroatoms. The van der Waals surface area contributed by atoms with Crippen LogP contribution in [-0.4, -0.2) is 49.0 Å². The molecule has 1 saturated heterocycles. The molecule has 2 N–H and O–H groups in total. The van der Waals surface area contributed by atoms with Crippen LogP contribution in [0.4, 0.5) is 5.69 Å². The Labute approximate surface area is 129 Å². The van der Waals surface area contributed by atoms with Crippen LogP contribution in [-0.2, 0) is 4.79 Å². The van der Waals surface area contributed by atoms with E-state index in [0.29, 0.717) is 17.0 Å². The summed E-state index contributed by atoms with van der Waals surface area (Å²) in [6.07, 6.45) is 1.43. The van der Waals surface area contributed by atoms with Crippen molar-refractivity contribution in [3.8, 4) is 5.75 Å². The van der Waals surface area contributed by atoms with Crippen LogP contribution in [0.2, 0.25) is 0 Å². The predicted octanol–water partition coefficient (Wildman–Crippen LogP) is 1.23. The lowest BCUT2D eigenvalue weighted by Gasteiger charge is -2.28. The van der Waals surface area contributed by atoms with Crippen LogP contribution in [0.15, 0.2) is 18.2 Å². The number of likely N-dealkylation sites (tertiary alicyclic amines) is 1. The highest BCUT2D eigenvalue weighted by atomic mass is 16.5. The molecule has 0 saturated carbocycles. The van der Waals surface area contributed by atoms with E-state index in [-0.39, 0.29) is 17.9 Å². The Morgan fingerprint density at radius 3 is 3.09 bits per heavy atom. The highest BCUT2D eigenvalue weighted by Gasteiger charge is 2.33. The third kappa shape index (κ3) is 2.54. The second kappa shape index (κ2) is 5.96. The molecule has 2 unspecified atom stereocenters. The van der Waals surface area contributed by atoms with Crippen molar-refractivity contribution >= 4 is 17.5 Å². The van der Waals surface area contributed by atoms with Crippen molar-refractivity contribution in [2.75, 3.05) is 25.5 Å². The summed E-state index contributed by atoms with van der Waals surface area (Å²) in [5, 5.41) is 5.92. The average Bonchev–Trinajstić information content (AvgIpc) is 2.96. The van der Waals surface area contributed by atoms with Crippen LogP contribution in [0.3, 0.4) is 0 Å². The van der Waals surface area contributed by atoms with Crippen LogP contribution in [0.1, 0.15) is 30.1 Å². The van der Waals surface area contributed by atoms with E-state index < -0.39 is 6.10 Å². The number of nitrogens with one attached hydrogen (secondary N) is 2. The first-order chi connectivity index (χ1) is 10.6. The molecule has 0 aliphatic carbocycles. The lowest BCUT2D eigenvalue weighted by Crippen LogP contribution is -2.41. The molecule has 0 radical (unpaired) electrons. The molecule has 1 fully saturated rings. The quantitative estimate of drug-likeness (QED) is 0.881. The second-order valence-corrected chi connectivity index (χ2v) is 5.78. The summed E-state index contributed by atoms with van der Waals surface area (Å²) >= 11 is 0. The van der Waals surface area contributed by atoms with Gasteiger partial charge in [-0.1, -0.05) is 6.07 Å². The van der Waals surface area contributed by atoms with Gasteiger partial charge in [0.25, 0.3) is 11.8 Å². The van der Waals surface area contributed by atoms with Gasteiger partial charge in [-0.3, -0.25) is 9.59 Å².